The number of carbonyl (C=O) groups excluding carboxylic acids is 1. The van der Waals surface area contributed by atoms with E-state index in [0.29, 0.717) is 12.8 Å². The first kappa shape index (κ1) is 26.4. The molecule has 4 unspecified atom stereocenters. The quantitative estimate of drug-likeness (QED) is 0.162. The van der Waals surface area contributed by atoms with Crippen LogP contribution in [0, 0.1) is 0 Å². The molecule has 0 saturated carbocycles. The van der Waals surface area contributed by atoms with E-state index in [4.69, 9.17) is 15.2 Å². The Hall–Kier alpha value is -3.65. The number of hydrogen-bond acceptors (Lipinski definition) is 12. The van der Waals surface area contributed by atoms with Gasteiger partial charge in [-0.1, -0.05) is 24.3 Å². The van der Waals surface area contributed by atoms with Gasteiger partial charge < -0.3 is 30.5 Å². The number of esters is 1. The first-order valence-corrected chi connectivity index (χ1v) is 11.8. The van der Waals surface area contributed by atoms with Crippen LogP contribution in [-0.4, -0.2) is 77.5 Å². The van der Waals surface area contributed by atoms with Crippen molar-refractivity contribution in [1.82, 2.24) is 19.5 Å². The number of carbonyl (C=O) groups is 1. The molecule has 3 heterocycles. The summed E-state index contributed by atoms with van der Waals surface area (Å²) in [5, 5.41) is 33.9. The number of nitrogens with one attached hydrogen (secondary N) is 1. The van der Waals surface area contributed by atoms with E-state index in [-0.39, 0.29) is 28.9 Å². The molecule has 1 aromatic carbocycles. The van der Waals surface area contributed by atoms with Crippen LogP contribution < -0.4 is 11.2 Å². The fraction of sp³-hybridized carbons (Fsp3) is 0.458. The molecule has 1 aliphatic heterocycles. The molecule has 6 N–H and O–H groups in total. The van der Waals surface area contributed by atoms with E-state index in [1.807, 2.05) is 45.0 Å². The zero-order chi connectivity index (χ0) is 26.7. The minimum Gasteiger partial charge on any atom is -0.460 e. The van der Waals surface area contributed by atoms with E-state index in [1.54, 1.807) is 6.21 Å². The number of fused-ring (bicyclic) bond motifs is 1. The third kappa shape index (κ3) is 6.20. The van der Waals surface area contributed by atoms with Crippen molar-refractivity contribution in [2.75, 3.05) is 17.8 Å². The smallest absolute Gasteiger partial charge is 0.306 e. The molecule has 1 aliphatic rings. The van der Waals surface area contributed by atoms with Gasteiger partial charge in [0.15, 0.2) is 17.7 Å². The van der Waals surface area contributed by atoms with Crippen LogP contribution in [0.25, 0.3) is 11.2 Å². The molecule has 13 nitrogen and oxygen atoms in total. The second-order valence-electron chi connectivity index (χ2n) is 9.68. The summed E-state index contributed by atoms with van der Waals surface area (Å²) in [5.74, 6) is -0.0652. The molecular formula is C24H31N7O6. The number of aliphatic hydroxyl groups excluding tert-OH is 3. The van der Waals surface area contributed by atoms with Crippen LogP contribution >= 0.6 is 0 Å². The zero-order valence-electron chi connectivity index (χ0n) is 20.8. The van der Waals surface area contributed by atoms with Gasteiger partial charge >= 0.3 is 5.97 Å². The van der Waals surface area contributed by atoms with E-state index in [0.717, 1.165) is 11.1 Å². The number of hydrazone groups is 1. The monoisotopic (exact) mass is 513 g/mol. The van der Waals surface area contributed by atoms with Gasteiger partial charge in [0.1, 0.15) is 29.4 Å². The van der Waals surface area contributed by atoms with Crippen LogP contribution in [0.5, 0.6) is 0 Å². The summed E-state index contributed by atoms with van der Waals surface area (Å²) in [6.45, 7) is 5.06. The maximum Gasteiger partial charge on any atom is 0.306 e. The topological polar surface area (TPSA) is 190 Å². The molecule has 13 heteroatoms. The van der Waals surface area contributed by atoms with Crippen molar-refractivity contribution in [3.8, 4) is 0 Å². The molecule has 4 atom stereocenters. The Morgan fingerprint density at radius 3 is 2.62 bits per heavy atom. The second kappa shape index (κ2) is 10.8. The summed E-state index contributed by atoms with van der Waals surface area (Å²) < 4.78 is 12.3. The predicted octanol–water partition coefficient (Wildman–Crippen LogP) is 0.740. The molecule has 0 radical (unpaired) electrons. The van der Waals surface area contributed by atoms with E-state index >= 15 is 0 Å². The largest absolute Gasteiger partial charge is 0.460 e. The Bertz CT molecular complexity index is 1270. The van der Waals surface area contributed by atoms with Gasteiger partial charge in [-0.05, 0) is 38.3 Å². The summed E-state index contributed by atoms with van der Waals surface area (Å²) in [4.78, 5) is 24.6. The highest BCUT2D eigenvalue weighted by atomic mass is 16.6. The molecule has 2 aromatic heterocycles. The van der Waals surface area contributed by atoms with Gasteiger partial charge in [0.25, 0.3) is 0 Å². The lowest BCUT2D eigenvalue weighted by Crippen LogP contribution is -2.33. The lowest BCUT2D eigenvalue weighted by Gasteiger charge is -2.19. The summed E-state index contributed by atoms with van der Waals surface area (Å²) in [6.07, 6.45) is -0.713. The van der Waals surface area contributed by atoms with Gasteiger partial charge in [0.2, 0.25) is 5.95 Å². The van der Waals surface area contributed by atoms with Gasteiger partial charge in [-0.25, -0.2) is 10.4 Å². The van der Waals surface area contributed by atoms with Crippen LogP contribution in [0.4, 0.5) is 11.8 Å². The summed E-state index contributed by atoms with van der Waals surface area (Å²) in [6, 6.07) is 7.55. The summed E-state index contributed by atoms with van der Waals surface area (Å²) in [5.41, 5.74) is 10.6. The Labute approximate surface area is 213 Å². The highest BCUT2D eigenvalue weighted by Crippen LogP contribution is 2.32. The lowest BCUT2D eigenvalue weighted by atomic mass is 10.1. The summed E-state index contributed by atoms with van der Waals surface area (Å²) >= 11 is 0. The fourth-order valence-corrected chi connectivity index (χ4v) is 3.86. The molecule has 1 fully saturated rings. The number of nitrogens with zero attached hydrogens (tertiary/aromatic N) is 5. The first-order chi connectivity index (χ1) is 17.6. The highest BCUT2D eigenvalue weighted by molar-refractivity contribution is 5.83. The van der Waals surface area contributed by atoms with Crippen molar-refractivity contribution < 1.29 is 29.6 Å². The SMILES string of the molecule is CC(C)(C)OC(=O)CCc1ccc(/C=N/Nc2nc(N)c3ncn(C4OC(CO)C(O)C4O)c3n2)cc1. The summed E-state index contributed by atoms with van der Waals surface area (Å²) in [7, 11) is 0. The van der Waals surface area contributed by atoms with Gasteiger partial charge in [0.05, 0.1) is 19.1 Å². The van der Waals surface area contributed by atoms with Gasteiger partial charge in [-0.2, -0.15) is 15.1 Å². The molecule has 0 spiro atoms. The van der Waals surface area contributed by atoms with Crippen LogP contribution in [0.3, 0.4) is 0 Å². The third-order valence-electron chi connectivity index (χ3n) is 5.64. The number of aromatic nitrogens is 4. The number of anilines is 2. The number of hydrogen-bond donors (Lipinski definition) is 5. The number of aryl methyl sites for hydroxylation is 1. The van der Waals surface area contributed by atoms with E-state index in [1.165, 1.54) is 10.9 Å². The van der Waals surface area contributed by atoms with Crippen LogP contribution in [0.15, 0.2) is 35.7 Å². The number of imidazole rings is 1. The van der Waals surface area contributed by atoms with Crippen molar-refractivity contribution in [2.24, 2.45) is 5.10 Å². The molecule has 0 aliphatic carbocycles. The van der Waals surface area contributed by atoms with Gasteiger partial charge in [-0.3, -0.25) is 9.36 Å². The van der Waals surface area contributed by atoms with Crippen molar-refractivity contribution in [3.05, 3.63) is 41.7 Å². The maximum atomic E-state index is 11.9. The Morgan fingerprint density at radius 2 is 1.97 bits per heavy atom. The number of rotatable bonds is 8. The number of aliphatic hydroxyl groups is 3. The van der Waals surface area contributed by atoms with Crippen LogP contribution in [0.1, 0.15) is 44.5 Å². The average molecular weight is 514 g/mol. The average Bonchev–Trinajstić information content (AvgIpc) is 3.38. The van der Waals surface area contributed by atoms with E-state index in [9.17, 15) is 20.1 Å². The maximum absolute atomic E-state index is 11.9. The molecule has 0 bridgehead atoms. The fourth-order valence-electron chi connectivity index (χ4n) is 3.86. The molecule has 1 saturated heterocycles. The molecule has 0 amide bonds. The molecule has 37 heavy (non-hydrogen) atoms. The number of nitrogens with two attached hydrogens (primary N) is 1. The highest BCUT2D eigenvalue weighted by Gasteiger charge is 2.44. The van der Waals surface area contributed by atoms with Crippen molar-refractivity contribution >= 4 is 35.1 Å². The number of nitrogen functional groups attached to an aromatic ring is 1. The normalized spacial score (nSPS) is 22.1. The number of ether oxygens (including phenoxy) is 2. The van der Waals surface area contributed by atoms with Gasteiger partial charge in [0, 0.05) is 6.42 Å². The predicted molar refractivity (Wildman–Crippen MR) is 135 cm³/mol. The molecular weight excluding hydrogens is 482 g/mol. The first-order valence-electron chi connectivity index (χ1n) is 11.8. The van der Waals surface area contributed by atoms with E-state index < -0.39 is 36.7 Å². The molecule has 4 rings (SSSR count). The molecule has 3 aromatic rings. The van der Waals surface area contributed by atoms with Gasteiger partial charge in [-0.15, -0.1) is 0 Å². The van der Waals surface area contributed by atoms with Crippen molar-refractivity contribution in [1.29, 1.82) is 0 Å². The third-order valence-corrected chi connectivity index (χ3v) is 5.64. The molecule has 198 valence electrons. The zero-order valence-corrected chi connectivity index (χ0v) is 20.8. The Morgan fingerprint density at radius 1 is 1.24 bits per heavy atom. The van der Waals surface area contributed by atoms with Crippen molar-refractivity contribution in [3.63, 3.8) is 0 Å². The lowest BCUT2D eigenvalue weighted by molar-refractivity contribution is -0.154. The second-order valence-corrected chi connectivity index (χ2v) is 9.68. The minimum absolute atomic E-state index is 0.0857. The number of benzene rings is 1. The van der Waals surface area contributed by atoms with Crippen molar-refractivity contribution in [2.45, 2.75) is 63.8 Å². The van der Waals surface area contributed by atoms with E-state index in [2.05, 4.69) is 25.5 Å². The Balaban J connectivity index is 1.41. The Kier molecular flexibility index (Phi) is 7.68. The van der Waals surface area contributed by atoms with Crippen LogP contribution in [0.2, 0.25) is 0 Å². The minimum atomic E-state index is -1.30. The van der Waals surface area contributed by atoms with Crippen LogP contribution in [-0.2, 0) is 20.7 Å². The standard InChI is InChI=1S/C24H31N7O6/c1-24(2,3)37-16(33)9-8-13-4-6-14(7-5-13)10-27-30-23-28-20(25)17-21(29-23)31(12-26-17)22-19(35)18(34)15(11-32)36-22/h4-7,10,12,15,18-19,22,32,34-35H,8-9,11H2,1-3H3,(H3,25,28,29,30)/b27-10+.